The van der Waals surface area contributed by atoms with Crippen LogP contribution in [0, 0.1) is 0 Å². The van der Waals surface area contributed by atoms with Gasteiger partial charge < -0.3 is 29.4 Å². The summed E-state index contributed by atoms with van der Waals surface area (Å²) >= 11 is 0. The van der Waals surface area contributed by atoms with Gasteiger partial charge in [-0.05, 0) is 36.4 Å². The predicted octanol–water partition coefficient (Wildman–Crippen LogP) is -0.876. The number of hydrogen-bond donors (Lipinski definition) is 3. The molecule has 7 nitrogen and oxygen atoms in total. The van der Waals surface area contributed by atoms with Gasteiger partial charge in [-0.3, -0.25) is 4.79 Å². The van der Waals surface area contributed by atoms with Crippen LogP contribution in [0.2, 0.25) is 0 Å². The Bertz CT molecular complexity index is 682. The molecule has 1 atom stereocenters. The van der Waals surface area contributed by atoms with Crippen LogP contribution in [0.4, 0.5) is 0 Å². The lowest BCUT2D eigenvalue weighted by Gasteiger charge is -2.30. The lowest BCUT2D eigenvalue weighted by atomic mass is 10.0. The topological polar surface area (TPSA) is 81.8 Å². The van der Waals surface area contributed by atoms with Gasteiger partial charge in [-0.25, -0.2) is 0 Å². The molecule has 27 heavy (non-hydrogen) atoms. The molecule has 1 saturated heterocycles. The number of methoxy groups -OCH3 is 1. The second kappa shape index (κ2) is 10.1. The third-order valence-corrected chi connectivity index (χ3v) is 4.92. The van der Waals surface area contributed by atoms with Crippen LogP contribution >= 0.6 is 0 Å². The van der Waals surface area contributed by atoms with Gasteiger partial charge in [0.15, 0.2) is 12.6 Å². The van der Waals surface area contributed by atoms with Crippen LogP contribution in [0.5, 0.6) is 5.75 Å². The molecule has 1 fully saturated rings. The molecule has 7 heteroatoms. The largest absolute Gasteiger partial charge is 0.497 e. The van der Waals surface area contributed by atoms with Crippen LogP contribution < -0.4 is 20.3 Å². The summed E-state index contributed by atoms with van der Waals surface area (Å²) in [7, 11) is 1.68. The van der Waals surface area contributed by atoms with Crippen molar-refractivity contribution in [3.05, 3.63) is 54.0 Å². The van der Waals surface area contributed by atoms with Crippen LogP contribution in [0.1, 0.15) is 17.4 Å². The summed E-state index contributed by atoms with van der Waals surface area (Å²) in [5, 5.41) is 4.96. The van der Waals surface area contributed by atoms with Crippen molar-refractivity contribution in [2.75, 3.05) is 46.5 Å². The number of benzene rings is 1. The van der Waals surface area contributed by atoms with Crippen molar-refractivity contribution in [2.24, 2.45) is 0 Å². The standard InChI is InChI=1S/C20H27N3O4/c1-25-17-6-4-16(5-7-17)19(23-8-11-26-12-9-23)14-21-15-20(24)22-13-18-3-2-10-27-18/h2-7,10,19,21H,8-9,11-15H2,1H3,(H,22,24)/p+2/t19-/m0/s1. The zero-order valence-corrected chi connectivity index (χ0v) is 15.8. The fourth-order valence-electron chi connectivity index (χ4n) is 3.41. The van der Waals surface area contributed by atoms with E-state index in [0.717, 1.165) is 44.4 Å². The number of hydrogen-bond acceptors (Lipinski definition) is 4. The molecule has 2 aromatic rings. The highest BCUT2D eigenvalue weighted by molar-refractivity contribution is 5.76. The highest BCUT2D eigenvalue weighted by Crippen LogP contribution is 2.15. The van der Waals surface area contributed by atoms with Crippen molar-refractivity contribution in [3.63, 3.8) is 0 Å². The Balaban J connectivity index is 1.53. The molecular weight excluding hydrogens is 346 g/mol. The van der Waals surface area contributed by atoms with Crippen molar-refractivity contribution >= 4 is 5.91 Å². The van der Waals surface area contributed by atoms with Gasteiger partial charge >= 0.3 is 0 Å². The number of furan rings is 1. The highest BCUT2D eigenvalue weighted by atomic mass is 16.5. The Kier molecular flexibility index (Phi) is 7.27. The molecule has 0 radical (unpaired) electrons. The smallest absolute Gasteiger partial charge is 0.275 e. The molecule has 0 saturated carbocycles. The summed E-state index contributed by atoms with van der Waals surface area (Å²) in [5.74, 6) is 1.63. The minimum Gasteiger partial charge on any atom is -0.497 e. The monoisotopic (exact) mass is 375 g/mol. The lowest BCUT2D eigenvalue weighted by molar-refractivity contribution is -0.951. The van der Waals surface area contributed by atoms with Gasteiger partial charge in [0.1, 0.15) is 31.1 Å². The number of quaternary nitrogens is 2. The average Bonchev–Trinajstić information content (AvgIpc) is 3.24. The first-order valence-corrected chi connectivity index (χ1v) is 9.43. The number of ether oxygens (including phenoxy) is 2. The molecule has 1 aromatic heterocycles. The van der Waals surface area contributed by atoms with Gasteiger partial charge in [0.25, 0.3) is 5.91 Å². The molecule has 1 aliphatic heterocycles. The van der Waals surface area contributed by atoms with Crippen molar-refractivity contribution < 1.29 is 28.9 Å². The Morgan fingerprint density at radius 2 is 2.04 bits per heavy atom. The lowest BCUT2D eigenvalue weighted by Crippen LogP contribution is -3.16. The number of nitrogens with two attached hydrogens (primary N) is 1. The number of morpholine rings is 1. The quantitative estimate of drug-likeness (QED) is 0.532. The third-order valence-electron chi connectivity index (χ3n) is 4.92. The molecular formula is C20H29N3O4+2. The first-order chi connectivity index (χ1) is 13.3. The van der Waals surface area contributed by atoms with E-state index in [2.05, 4.69) is 22.8 Å². The molecule has 1 amide bonds. The molecule has 1 aromatic carbocycles. The van der Waals surface area contributed by atoms with Gasteiger partial charge in [-0.1, -0.05) is 0 Å². The van der Waals surface area contributed by atoms with Gasteiger partial charge in [0.05, 0.1) is 33.1 Å². The van der Waals surface area contributed by atoms with Crippen LogP contribution in [-0.2, 0) is 16.1 Å². The summed E-state index contributed by atoms with van der Waals surface area (Å²) in [6, 6.07) is 12.2. The molecule has 3 rings (SSSR count). The van der Waals surface area contributed by atoms with E-state index in [4.69, 9.17) is 13.9 Å². The first-order valence-electron chi connectivity index (χ1n) is 9.43. The average molecular weight is 375 g/mol. The normalized spacial score (nSPS) is 16.0. The highest BCUT2D eigenvalue weighted by Gasteiger charge is 2.28. The van der Waals surface area contributed by atoms with Gasteiger partial charge in [0, 0.05) is 5.56 Å². The number of rotatable bonds is 9. The Morgan fingerprint density at radius 3 is 2.70 bits per heavy atom. The van der Waals surface area contributed by atoms with Crippen LogP contribution in [0.25, 0.3) is 0 Å². The summed E-state index contributed by atoms with van der Waals surface area (Å²) in [6.07, 6.45) is 1.61. The van der Waals surface area contributed by atoms with Crippen molar-refractivity contribution in [1.82, 2.24) is 5.32 Å². The first kappa shape index (κ1) is 19.4. The molecule has 0 spiro atoms. The van der Waals surface area contributed by atoms with Crippen LogP contribution in [0.15, 0.2) is 47.1 Å². The zero-order chi connectivity index (χ0) is 18.9. The summed E-state index contributed by atoms with van der Waals surface area (Å²) < 4.78 is 16.0. The van der Waals surface area contributed by atoms with E-state index in [1.54, 1.807) is 13.4 Å². The molecule has 2 heterocycles. The Hall–Kier alpha value is -2.35. The SMILES string of the molecule is COc1ccc([C@H](C[NH2+]CC(=O)NCc2ccco2)[NH+]2CCOCC2)cc1. The summed E-state index contributed by atoms with van der Waals surface area (Å²) in [5.41, 5.74) is 1.26. The molecule has 0 unspecified atom stereocenters. The van der Waals surface area contributed by atoms with E-state index in [9.17, 15) is 4.79 Å². The Labute approximate surface area is 159 Å². The summed E-state index contributed by atoms with van der Waals surface area (Å²) in [4.78, 5) is 13.6. The van der Waals surface area contributed by atoms with Gasteiger partial charge in [0.2, 0.25) is 0 Å². The van der Waals surface area contributed by atoms with Crippen LogP contribution in [0.3, 0.4) is 0 Å². The fraction of sp³-hybridized carbons (Fsp3) is 0.450. The Morgan fingerprint density at radius 1 is 1.26 bits per heavy atom. The second-order valence-electron chi connectivity index (χ2n) is 6.68. The van der Waals surface area contributed by atoms with Crippen molar-refractivity contribution in [2.45, 2.75) is 12.6 Å². The van der Waals surface area contributed by atoms with Crippen LogP contribution in [-0.4, -0.2) is 52.4 Å². The minimum atomic E-state index is 0.0110. The van der Waals surface area contributed by atoms with E-state index in [1.165, 1.54) is 10.5 Å². The minimum absolute atomic E-state index is 0.0110. The predicted molar refractivity (Wildman–Crippen MR) is 99.5 cm³/mol. The fourth-order valence-corrected chi connectivity index (χ4v) is 3.41. The van der Waals surface area contributed by atoms with E-state index >= 15 is 0 Å². The maximum Gasteiger partial charge on any atom is 0.275 e. The van der Waals surface area contributed by atoms with E-state index in [1.807, 2.05) is 24.3 Å². The third kappa shape index (κ3) is 5.82. The molecule has 4 N–H and O–H groups in total. The van der Waals surface area contributed by atoms with Gasteiger partial charge in [-0.15, -0.1) is 0 Å². The number of amides is 1. The van der Waals surface area contributed by atoms with Crippen molar-refractivity contribution in [1.29, 1.82) is 0 Å². The summed E-state index contributed by atoms with van der Waals surface area (Å²) in [6.45, 7) is 5.20. The van der Waals surface area contributed by atoms with E-state index < -0.39 is 0 Å². The maximum atomic E-state index is 12.1. The second-order valence-corrected chi connectivity index (χ2v) is 6.68. The molecule has 0 aliphatic carbocycles. The molecule has 1 aliphatic rings. The number of carbonyl (C=O) groups is 1. The number of carbonyl (C=O) groups excluding carboxylic acids is 1. The maximum absolute atomic E-state index is 12.1. The molecule has 0 bridgehead atoms. The number of nitrogens with one attached hydrogen (secondary N) is 2. The zero-order valence-electron chi connectivity index (χ0n) is 15.8. The van der Waals surface area contributed by atoms with Gasteiger partial charge in [-0.2, -0.15) is 0 Å². The van der Waals surface area contributed by atoms with E-state index in [-0.39, 0.29) is 5.91 Å². The van der Waals surface area contributed by atoms with E-state index in [0.29, 0.717) is 19.1 Å². The molecule has 146 valence electrons. The van der Waals surface area contributed by atoms with Crippen molar-refractivity contribution in [3.8, 4) is 5.75 Å².